The average Bonchev–Trinajstić information content (AvgIpc) is 3.35. The summed E-state index contributed by atoms with van der Waals surface area (Å²) in [4.78, 5) is 26.1. The number of amides is 1. The number of aromatic nitrogens is 1. The summed E-state index contributed by atoms with van der Waals surface area (Å²) in [6.07, 6.45) is 1.81. The van der Waals surface area contributed by atoms with Gasteiger partial charge in [0.1, 0.15) is 0 Å². The molecule has 3 heterocycles. The summed E-state index contributed by atoms with van der Waals surface area (Å²) in [6.45, 7) is 9.29. The van der Waals surface area contributed by atoms with Gasteiger partial charge in [-0.3, -0.25) is 14.9 Å². The van der Waals surface area contributed by atoms with Gasteiger partial charge in [0.05, 0.1) is 28.7 Å². The van der Waals surface area contributed by atoms with Crippen LogP contribution in [0.3, 0.4) is 0 Å². The number of ether oxygens (including phenoxy) is 1. The number of aryl methyl sites for hydroxylation is 2. The van der Waals surface area contributed by atoms with Crippen molar-refractivity contribution in [2.24, 2.45) is 0 Å². The first-order chi connectivity index (χ1) is 18.5. The lowest BCUT2D eigenvalue weighted by atomic mass is 10.0. The average molecular weight is 551 g/mol. The van der Waals surface area contributed by atoms with Gasteiger partial charge in [-0.15, -0.1) is 0 Å². The van der Waals surface area contributed by atoms with Crippen molar-refractivity contribution < 1.29 is 22.9 Å². The third-order valence-electron chi connectivity index (χ3n) is 7.35. The van der Waals surface area contributed by atoms with Crippen LogP contribution in [0.2, 0.25) is 0 Å². The van der Waals surface area contributed by atoms with Crippen LogP contribution in [-0.2, 0) is 19.6 Å². The number of rotatable bonds is 6. The molecule has 39 heavy (non-hydrogen) atoms. The molecule has 0 saturated carbocycles. The van der Waals surface area contributed by atoms with Gasteiger partial charge in [0, 0.05) is 60.0 Å². The number of carbonyl (C=O) groups is 1. The minimum absolute atomic E-state index is 0.0247. The van der Waals surface area contributed by atoms with Crippen molar-refractivity contribution in [2.75, 3.05) is 37.7 Å². The molecule has 0 atom stereocenters. The highest BCUT2D eigenvalue weighted by Crippen LogP contribution is 2.40. The Labute approximate surface area is 227 Å². The topological polar surface area (TPSA) is 115 Å². The highest BCUT2D eigenvalue weighted by Gasteiger charge is 2.34. The largest absolute Gasteiger partial charge is 0.379 e. The van der Waals surface area contributed by atoms with E-state index in [0.717, 1.165) is 28.2 Å². The highest BCUT2D eigenvalue weighted by atomic mass is 32.2. The number of sulfonamides is 1. The Morgan fingerprint density at radius 3 is 2.36 bits per heavy atom. The highest BCUT2D eigenvalue weighted by molar-refractivity contribution is 7.89. The Kier molecular flexibility index (Phi) is 6.91. The number of carbonyl (C=O) groups excluding carboxylic acids is 1. The predicted octanol–water partition coefficient (Wildman–Crippen LogP) is 4.24. The lowest BCUT2D eigenvalue weighted by molar-refractivity contribution is -0.384. The number of fused-ring (bicyclic) bond motifs is 1. The molecule has 0 aliphatic carbocycles. The lowest BCUT2D eigenvalue weighted by Crippen LogP contribution is -2.40. The number of benzene rings is 2. The maximum atomic E-state index is 13.5. The van der Waals surface area contributed by atoms with Crippen molar-refractivity contribution in [3.63, 3.8) is 0 Å². The van der Waals surface area contributed by atoms with Gasteiger partial charge < -0.3 is 14.2 Å². The van der Waals surface area contributed by atoms with Gasteiger partial charge >= 0.3 is 0 Å². The number of non-ortho nitro benzene ring substituents is 1. The number of nitro benzene ring substituents is 1. The molecule has 1 aromatic heterocycles. The second-order valence-electron chi connectivity index (χ2n) is 9.69. The van der Waals surface area contributed by atoms with Crippen LogP contribution in [0.4, 0.5) is 11.4 Å². The molecule has 2 aliphatic rings. The molecule has 11 heteroatoms. The van der Waals surface area contributed by atoms with Crippen molar-refractivity contribution in [1.82, 2.24) is 8.87 Å². The van der Waals surface area contributed by atoms with Gasteiger partial charge in [0.2, 0.25) is 10.0 Å². The number of nitrogens with zero attached hydrogens (tertiary/aromatic N) is 4. The smallest absolute Gasteiger partial charge is 0.269 e. The van der Waals surface area contributed by atoms with E-state index in [9.17, 15) is 23.3 Å². The van der Waals surface area contributed by atoms with E-state index in [0.29, 0.717) is 36.6 Å². The van der Waals surface area contributed by atoms with Crippen molar-refractivity contribution in [3.8, 4) is 5.69 Å². The van der Waals surface area contributed by atoms with Gasteiger partial charge in [-0.2, -0.15) is 4.31 Å². The fraction of sp³-hybridized carbons (Fsp3) is 0.321. The summed E-state index contributed by atoms with van der Waals surface area (Å²) in [7, 11) is -3.74. The van der Waals surface area contributed by atoms with E-state index in [1.807, 2.05) is 44.4 Å². The summed E-state index contributed by atoms with van der Waals surface area (Å²) >= 11 is 0. The predicted molar refractivity (Wildman–Crippen MR) is 149 cm³/mol. The number of likely N-dealkylation sites (N-methyl/N-ethyl adjacent to an activating group) is 1. The summed E-state index contributed by atoms with van der Waals surface area (Å²) in [6, 6.07) is 11.6. The van der Waals surface area contributed by atoms with E-state index >= 15 is 0 Å². The van der Waals surface area contributed by atoms with E-state index in [1.165, 1.54) is 10.4 Å². The Morgan fingerprint density at radius 1 is 1.03 bits per heavy atom. The zero-order chi connectivity index (χ0) is 28.1. The first-order valence-corrected chi connectivity index (χ1v) is 14.2. The number of hydrogen-bond acceptors (Lipinski definition) is 6. The van der Waals surface area contributed by atoms with Crippen LogP contribution < -0.4 is 4.90 Å². The molecule has 2 aliphatic heterocycles. The van der Waals surface area contributed by atoms with E-state index in [1.54, 1.807) is 35.2 Å². The van der Waals surface area contributed by atoms with Crippen LogP contribution in [0.5, 0.6) is 0 Å². The normalized spacial score (nSPS) is 17.2. The molecule has 5 rings (SSSR count). The van der Waals surface area contributed by atoms with Gasteiger partial charge in [-0.25, -0.2) is 8.42 Å². The Bertz CT molecular complexity index is 1630. The summed E-state index contributed by atoms with van der Waals surface area (Å²) < 4.78 is 35.4. The van der Waals surface area contributed by atoms with E-state index in [2.05, 4.69) is 0 Å². The molecule has 1 fully saturated rings. The van der Waals surface area contributed by atoms with E-state index < -0.39 is 14.9 Å². The maximum Gasteiger partial charge on any atom is 0.269 e. The zero-order valence-corrected chi connectivity index (χ0v) is 23.1. The molecule has 204 valence electrons. The van der Waals surface area contributed by atoms with Crippen LogP contribution >= 0.6 is 0 Å². The van der Waals surface area contributed by atoms with E-state index in [-0.39, 0.29) is 29.6 Å². The second-order valence-corrected chi connectivity index (χ2v) is 11.6. The van der Waals surface area contributed by atoms with Crippen LogP contribution in [0.25, 0.3) is 17.3 Å². The third kappa shape index (κ3) is 4.56. The van der Waals surface area contributed by atoms with Crippen LogP contribution in [0.1, 0.15) is 35.0 Å². The molecule has 0 N–H and O–H groups in total. The van der Waals surface area contributed by atoms with Crippen LogP contribution in [0, 0.1) is 30.9 Å². The Morgan fingerprint density at radius 2 is 1.72 bits per heavy atom. The fourth-order valence-corrected chi connectivity index (χ4v) is 6.78. The third-order valence-corrected chi connectivity index (χ3v) is 9.25. The molecule has 1 saturated heterocycles. The molecule has 10 nitrogen and oxygen atoms in total. The molecule has 0 bridgehead atoms. The lowest BCUT2D eigenvalue weighted by Gasteiger charge is -2.26. The molecule has 0 spiro atoms. The van der Waals surface area contributed by atoms with E-state index in [4.69, 9.17) is 4.74 Å². The molecular weight excluding hydrogens is 520 g/mol. The van der Waals surface area contributed by atoms with Crippen molar-refractivity contribution in [1.29, 1.82) is 0 Å². The minimum Gasteiger partial charge on any atom is -0.379 e. The standard InChI is InChI=1S/C28H30N4O6S/c1-5-30-27-9-7-23(39(36,37)29-10-12-38-13-11-29)17-24(27)25(28(30)33)16-21-15-19(3)31(20(21)4)26-8-6-22(32(34)35)14-18(26)2/h6-9,14-17H,5,10-13H2,1-4H3/b25-16+. The maximum absolute atomic E-state index is 13.5. The fourth-order valence-electron chi connectivity index (χ4n) is 5.35. The summed E-state index contributed by atoms with van der Waals surface area (Å²) in [5.74, 6) is -0.190. The second kappa shape index (κ2) is 10.1. The van der Waals surface area contributed by atoms with Gasteiger partial charge in [-0.1, -0.05) is 0 Å². The summed E-state index contributed by atoms with van der Waals surface area (Å²) in [5, 5.41) is 11.2. The van der Waals surface area contributed by atoms with Crippen LogP contribution in [0.15, 0.2) is 47.4 Å². The van der Waals surface area contributed by atoms with Gasteiger partial charge in [0.15, 0.2) is 0 Å². The van der Waals surface area contributed by atoms with Crippen molar-refractivity contribution >= 4 is 39.0 Å². The first kappa shape index (κ1) is 26.8. The Balaban J connectivity index is 1.60. The quantitative estimate of drug-likeness (QED) is 0.258. The molecule has 0 radical (unpaired) electrons. The van der Waals surface area contributed by atoms with Gasteiger partial charge in [-0.05, 0) is 75.2 Å². The summed E-state index contributed by atoms with van der Waals surface area (Å²) in [5.41, 5.74) is 5.83. The van der Waals surface area contributed by atoms with Crippen molar-refractivity contribution in [3.05, 3.63) is 80.7 Å². The monoisotopic (exact) mass is 550 g/mol. The minimum atomic E-state index is -3.74. The molecule has 0 unspecified atom stereocenters. The molecule has 1 amide bonds. The number of nitro groups is 1. The molecular formula is C28H30N4O6S. The SMILES string of the molecule is CCN1C(=O)/C(=C/c2cc(C)n(-c3ccc([N+](=O)[O-])cc3C)c2C)c2cc(S(=O)(=O)N3CCOCC3)ccc21. The first-order valence-electron chi connectivity index (χ1n) is 12.7. The zero-order valence-electron chi connectivity index (χ0n) is 22.3. The molecule has 3 aromatic rings. The number of morpholine rings is 1. The molecule has 2 aromatic carbocycles. The Hall–Kier alpha value is -3.80. The number of anilines is 1. The van der Waals surface area contributed by atoms with Crippen molar-refractivity contribution in [2.45, 2.75) is 32.6 Å². The van der Waals surface area contributed by atoms with Crippen LogP contribution in [-0.4, -0.2) is 61.0 Å². The van der Waals surface area contributed by atoms with Gasteiger partial charge in [0.25, 0.3) is 11.6 Å². The number of hydrogen-bond donors (Lipinski definition) is 0.